The van der Waals surface area contributed by atoms with E-state index in [0.717, 1.165) is 0 Å². The largest absolute Gasteiger partial charge is 0.393 e. The molecule has 0 aromatic carbocycles. The van der Waals surface area contributed by atoms with Gasteiger partial charge in [0.15, 0.2) is 0 Å². The van der Waals surface area contributed by atoms with Gasteiger partial charge in [0, 0.05) is 0 Å². The molecule has 4 atom stereocenters. The number of hydrogen-bond donors (Lipinski definition) is 3. The van der Waals surface area contributed by atoms with Gasteiger partial charge in [0.1, 0.15) is 0 Å². The molecule has 72 valence electrons. The van der Waals surface area contributed by atoms with E-state index in [1.54, 1.807) is 6.92 Å². The van der Waals surface area contributed by atoms with Crippen molar-refractivity contribution in [2.75, 3.05) is 0 Å². The van der Waals surface area contributed by atoms with Crippen molar-refractivity contribution in [3.05, 3.63) is 12.7 Å². The van der Waals surface area contributed by atoms with E-state index in [1.165, 1.54) is 6.08 Å². The maximum absolute atomic E-state index is 9.30. The van der Waals surface area contributed by atoms with Gasteiger partial charge in [-0.2, -0.15) is 0 Å². The lowest BCUT2D eigenvalue weighted by Gasteiger charge is -2.20. The van der Waals surface area contributed by atoms with Gasteiger partial charge in [-0.1, -0.05) is 13.0 Å². The van der Waals surface area contributed by atoms with Gasteiger partial charge in [-0.25, -0.2) is 0 Å². The Kier molecular flexibility index (Phi) is 5.13. The average Bonchev–Trinajstić information content (AvgIpc) is 2.02. The van der Waals surface area contributed by atoms with Crippen LogP contribution in [0.3, 0.4) is 0 Å². The topological polar surface area (TPSA) is 60.7 Å². The molecule has 0 heterocycles. The molecule has 0 aromatic rings. The predicted octanol–water partition coefficient (Wildman–Crippen LogP) is 0.301. The first-order valence-corrected chi connectivity index (χ1v) is 4.15. The van der Waals surface area contributed by atoms with Gasteiger partial charge in [0.05, 0.1) is 18.3 Å². The van der Waals surface area contributed by atoms with Crippen LogP contribution in [0.25, 0.3) is 0 Å². The number of aliphatic hydroxyl groups is 3. The van der Waals surface area contributed by atoms with E-state index in [1.807, 2.05) is 6.92 Å². The van der Waals surface area contributed by atoms with E-state index >= 15 is 0 Å². The summed E-state index contributed by atoms with van der Waals surface area (Å²) in [6, 6.07) is 0. The SMILES string of the molecule is C=C[C@@H](O)[C@@H](O)CC(C)C(C)O. The molecule has 0 aliphatic heterocycles. The molecular weight excluding hydrogens is 156 g/mol. The average molecular weight is 174 g/mol. The highest BCUT2D eigenvalue weighted by molar-refractivity contribution is 4.85. The van der Waals surface area contributed by atoms with Crippen molar-refractivity contribution in [3.8, 4) is 0 Å². The monoisotopic (exact) mass is 174 g/mol. The van der Waals surface area contributed by atoms with Gasteiger partial charge < -0.3 is 15.3 Å². The van der Waals surface area contributed by atoms with Crippen LogP contribution >= 0.6 is 0 Å². The summed E-state index contributed by atoms with van der Waals surface area (Å²) >= 11 is 0. The number of hydrogen-bond acceptors (Lipinski definition) is 3. The molecule has 0 spiro atoms. The van der Waals surface area contributed by atoms with E-state index in [4.69, 9.17) is 10.2 Å². The van der Waals surface area contributed by atoms with E-state index in [0.29, 0.717) is 6.42 Å². The van der Waals surface area contributed by atoms with Gasteiger partial charge in [0.2, 0.25) is 0 Å². The first kappa shape index (κ1) is 11.6. The highest BCUT2D eigenvalue weighted by Gasteiger charge is 2.18. The molecule has 0 bridgehead atoms. The third kappa shape index (κ3) is 3.85. The fourth-order valence-corrected chi connectivity index (χ4v) is 0.874. The molecule has 0 radical (unpaired) electrons. The molecule has 3 N–H and O–H groups in total. The highest BCUT2D eigenvalue weighted by atomic mass is 16.3. The van der Waals surface area contributed by atoms with Crippen molar-refractivity contribution in [1.82, 2.24) is 0 Å². The second-order valence-corrected chi connectivity index (χ2v) is 3.25. The minimum absolute atomic E-state index is 0.0189. The zero-order valence-corrected chi connectivity index (χ0v) is 7.64. The van der Waals surface area contributed by atoms with Gasteiger partial charge in [0.25, 0.3) is 0 Å². The molecule has 0 rings (SSSR count). The Hall–Kier alpha value is -0.380. The maximum atomic E-state index is 9.30. The molecule has 0 aromatic heterocycles. The van der Waals surface area contributed by atoms with Crippen molar-refractivity contribution in [3.63, 3.8) is 0 Å². The fraction of sp³-hybridized carbons (Fsp3) is 0.778. The summed E-state index contributed by atoms with van der Waals surface area (Å²) < 4.78 is 0. The van der Waals surface area contributed by atoms with E-state index in [2.05, 4.69) is 6.58 Å². The van der Waals surface area contributed by atoms with Crippen molar-refractivity contribution in [2.45, 2.75) is 38.6 Å². The van der Waals surface area contributed by atoms with Crippen LogP contribution in [0.2, 0.25) is 0 Å². The van der Waals surface area contributed by atoms with Gasteiger partial charge in [-0.05, 0) is 19.3 Å². The van der Waals surface area contributed by atoms with Crippen LogP contribution in [-0.4, -0.2) is 33.6 Å². The maximum Gasteiger partial charge on any atom is 0.0977 e. The van der Waals surface area contributed by atoms with Crippen molar-refractivity contribution in [2.24, 2.45) is 5.92 Å². The second kappa shape index (κ2) is 5.30. The quantitative estimate of drug-likeness (QED) is 0.525. The molecule has 12 heavy (non-hydrogen) atoms. The van der Waals surface area contributed by atoms with Crippen LogP contribution in [-0.2, 0) is 0 Å². The number of rotatable bonds is 5. The Morgan fingerprint density at radius 1 is 1.25 bits per heavy atom. The van der Waals surface area contributed by atoms with Crippen LogP contribution in [0.5, 0.6) is 0 Å². The molecule has 0 amide bonds. The summed E-state index contributed by atoms with van der Waals surface area (Å²) in [5, 5.41) is 27.5. The first-order chi connectivity index (χ1) is 5.49. The zero-order chi connectivity index (χ0) is 9.72. The van der Waals surface area contributed by atoms with E-state index in [-0.39, 0.29) is 5.92 Å². The molecule has 2 unspecified atom stereocenters. The van der Waals surface area contributed by atoms with Crippen molar-refractivity contribution >= 4 is 0 Å². The van der Waals surface area contributed by atoms with Gasteiger partial charge in [-0.3, -0.25) is 0 Å². The Bertz CT molecular complexity index is 134. The summed E-state index contributed by atoms with van der Waals surface area (Å²) in [6.45, 7) is 6.85. The molecule has 0 aliphatic rings. The Morgan fingerprint density at radius 3 is 2.08 bits per heavy atom. The summed E-state index contributed by atoms with van der Waals surface area (Å²) in [4.78, 5) is 0. The Balaban J connectivity index is 3.82. The fourth-order valence-electron chi connectivity index (χ4n) is 0.874. The smallest absolute Gasteiger partial charge is 0.0977 e. The van der Waals surface area contributed by atoms with E-state index < -0.39 is 18.3 Å². The van der Waals surface area contributed by atoms with Crippen LogP contribution < -0.4 is 0 Å². The lowest BCUT2D eigenvalue weighted by molar-refractivity contribution is 0.0150. The standard InChI is InChI=1S/C9H18O3/c1-4-8(11)9(12)5-6(2)7(3)10/h4,6-12H,1,5H2,2-3H3/t6?,7?,8-,9+/m1/s1. The van der Waals surface area contributed by atoms with Crippen molar-refractivity contribution in [1.29, 1.82) is 0 Å². The van der Waals surface area contributed by atoms with Crippen molar-refractivity contribution < 1.29 is 15.3 Å². The molecule has 3 nitrogen and oxygen atoms in total. The summed E-state index contributed by atoms with van der Waals surface area (Å²) in [6.07, 6.45) is -0.514. The van der Waals surface area contributed by atoms with Crippen LogP contribution in [0.4, 0.5) is 0 Å². The molecule has 3 heteroatoms. The summed E-state index contributed by atoms with van der Waals surface area (Å²) in [5.41, 5.74) is 0. The van der Waals surface area contributed by atoms with Crippen LogP contribution in [0, 0.1) is 5.92 Å². The molecule has 0 saturated heterocycles. The lowest BCUT2D eigenvalue weighted by atomic mass is 9.96. The summed E-state index contributed by atoms with van der Waals surface area (Å²) in [7, 11) is 0. The van der Waals surface area contributed by atoms with Gasteiger partial charge in [-0.15, -0.1) is 6.58 Å². The Morgan fingerprint density at radius 2 is 1.75 bits per heavy atom. The minimum Gasteiger partial charge on any atom is -0.393 e. The minimum atomic E-state index is -0.897. The second-order valence-electron chi connectivity index (χ2n) is 3.25. The zero-order valence-electron chi connectivity index (χ0n) is 7.64. The van der Waals surface area contributed by atoms with E-state index in [9.17, 15) is 5.11 Å². The predicted molar refractivity (Wildman–Crippen MR) is 47.7 cm³/mol. The first-order valence-electron chi connectivity index (χ1n) is 4.15. The van der Waals surface area contributed by atoms with Crippen LogP contribution in [0.15, 0.2) is 12.7 Å². The van der Waals surface area contributed by atoms with Gasteiger partial charge >= 0.3 is 0 Å². The molecule has 0 aliphatic carbocycles. The third-order valence-electron chi connectivity index (χ3n) is 2.07. The normalized spacial score (nSPS) is 21.1. The summed E-state index contributed by atoms with van der Waals surface area (Å²) in [5.74, 6) is -0.0189. The third-order valence-corrected chi connectivity index (χ3v) is 2.07. The Labute approximate surface area is 73.4 Å². The lowest BCUT2D eigenvalue weighted by Crippen LogP contribution is -2.28. The van der Waals surface area contributed by atoms with Crippen LogP contribution in [0.1, 0.15) is 20.3 Å². The molecule has 0 saturated carbocycles. The molecular formula is C9H18O3. The highest BCUT2D eigenvalue weighted by Crippen LogP contribution is 2.13. The molecule has 0 fully saturated rings. The number of aliphatic hydroxyl groups excluding tert-OH is 3.